The first-order valence-electron chi connectivity index (χ1n) is 4.38. The van der Waals surface area contributed by atoms with Crippen LogP contribution in [0.3, 0.4) is 0 Å². The first-order chi connectivity index (χ1) is 6.70. The van der Waals surface area contributed by atoms with Gasteiger partial charge in [0, 0.05) is 12.6 Å². The average Bonchev–Trinajstić information content (AvgIpc) is 2.57. The Balaban J connectivity index is 2.36. The summed E-state index contributed by atoms with van der Waals surface area (Å²) in [6, 6.07) is 5.61. The molecule has 1 heterocycles. The van der Waals surface area contributed by atoms with Crippen LogP contribution in [-0.2, 0) is 0 Å². The Morgan fingerprint density at radius 3 is 2.79 bits per heavy atom. The number of hydrogen-bond donors (Lipinski definition) is 3. The molecule has 0 aliphatic carbocycles. The van der Waals surface area contributed by atoms with Crippen LogP contribution >= 0.6 is 23.2 Å². The van der Waals surface area contributed by atoms with Crippen molar-refractivity contribution in [3.63, 3.8) is 0 Å². The Morgan fingerprint density at radius 1 is 1.36 bits per heavy atom. The van der Waals surface area contributed by atoms with E-state index in [1.165, 1.54) is 0 Å². The van der Waals surface area contributed by atoms with E-state index in [9.17, 15) is 0 Å². The molecule has 1 aliphatic rings. The molecular formula is C9H11Cl2N3. The molecule has 1 fully saturated rings. The van der Waals surface area contributed by atoms with Crippen molar-refractivity contribution in [2.45, 2.75) is 12.1 Å². The summed E-state index contributed by atoms with van der Waals surface area (Å²) in [5, 5.41) is 1.14. The molecule has 1 saturated heterocycles. The van der Waals surface area contributed by atoms with Gasteiger partial charge < -0.3 is 5.73 Å². The molecule has 1 aliphatic heterocycles. The van der Waals surface area contributed by atoms with Crippen molar-refractivity contribution in [2.24, 2.45) is 5.73 Å². The third-order valence-electron chi connectivity index (χ3n) is 2.34. The molecule has 1 aromatic carbocycles. The predicted octanol–water partition coefficient (Wildman–Crippen LogP) is 1.47. The number of hydrogen-bond acceptors (Lipinski definition) is 3. The number of nitrogens with two attached hydrogens (primary N) is 1. The number of nitrogens with one attached hydrogen (secondary N) is 2. The zero-order chi connectivity index (χ0) is 10.1. The Kier molecular flexibility index (Phi) is 2.95. The molecule has 5 heteroatoms. The van der Waals surface area contributed by atoms with Crippen LogP contribution in [0.2, 0.25) is 10.0 Å². The van der Waals surface area contributed by atoms with E-state index in [1.54, 1.807) is 6.07 Å². The van der Waals surface area contributed by atoms with Gasteiger partial charge in [0.1, 0.15) is 0 Å². The van der Waals surface area contributed by atoms with E-state index in [4.69, 9.17) is 28.9 Å². The van der Waals surface area contributed by atoms with Crippen molar-refractivity contribution in [3.8, 4) is 0 Å². The van der Waals surface area contributed by atoms with E-state index in [-0.39, 0.29) is 12.1 Å². The molecule has 76 valence electrons. The third-order valence-corrected chi connectivity index (χ3v) is 3.17. The molecular weight excluding hydrogens is 221 g/mol. The van der Waals surface area contributed by atoms with Crippen molar-refractivity contribution in [1.29, 1.82) is 0 Å². The Bertz CT molecular complexity index is 343. The van der Waals surface area contributed by atoms with Crippen molar-refractivity contribution in [3.05, 3.63) is 33.8 Å². The van der Waals surface area contributed by atoms with Gasteiger partial charge in [-0.3, -0.25) is 5.43 Å². The topological polar surface area (TPSA) is 50.1 Å². The second-order valence-corrected chi connectivity index (χ2v) is 4.09. The highest BCUT2D eigenvalue weighted by Crippen LogP contribution is 2.31. The van der Waals surface area contributed by atoms with Gasteiger partial charge in [0.2, 0.25) is 0 Å². The van der Waals surface area contributed by atoms with Crippen LogP contribution in [0.5, 0.6) is 0 Å². The van der Waals surface area contributed by atoms with E-state index in [0.717, 1.165) is 12.1 Å². The standard InChI is InChI=1S/C9H11Cl2N3/c10-6-3-1-2-5(8(6)11)9-7(12)4-13-14-9/h1-3,7,9,13-14H,4,12H2. The molecule has 0 aromatic heterocycles. The van der Waals surface area contributed by atoms with Crippen LogP contribution in [0.15, 0.2) is 18.2 Å². The van der Waals surface area contributed by atoms with E-state index < -0.39 is 0 Å². The summed E-state index contributed by atoms with van der Waals surface area (Å²) in [4.78, 5) is 0. The molecule has 2 rings (SSSR count). The average molecular weight is 232 g/mol. The van der Waals surface area contributed by atoms with Gasteiger partial charge >= 0.3 is 0 Å². The van der Waals surface area contributed by atoms with Gasteiger partial charge in [-0.05, 0) is 11.6 Å². The van der Waals surface area contributed by atoms with E-state index in [1.807, 2.05) is 12.1 Å². The fraction of sp³-hybridized carbons (Fsp3) is 0.333. The van der Waals surface area contributed by atoms with Gasteiger partial charge in [-0.2, -0.15) is 0 Å². The lowest BCUT2D eigenvalue weighted by Gasteiger charge is -2.16. The minimum atomic E-state index is 0.0194. The van der Waals surface area contributed by atoms with Crippen LogP contribution in [0.1, 0.15) is 11.6 Å². The van der Waals surface area contributed by atoms with Crippen LogP contribution in [-0.4, -0.2) is 12.6 Å². The van der Waals surface area contributed by atoms with Gasteiger partial charge in [-0.1, -0.05) is 35.3 Å². The highest BCUT2D eigenvalue weighted by molar-refractivity contribution is 6.42. The molecule has 3 nitrogen and oxygen atoms in total. The summed E-state index contributed by atoms with van der Waals surface area (Å²) in [5.74, 6) is 0. The maximum atomic E-state index is 6.08. The zero-order valence-electron chi connectivity index (χ0n) is 7.43. The Hall–Kier alpha value is -0.320. The number of hydrazine groups is 1. The SMILES string of the molecule is NC1CNNC1c1cccc(Cl)c1Cl. The van der Waals surface area contributed by atoms with Crippen molar-refractivity contribution < 1.29 is 0 Å². The molecule has 0 spiro atoms. The molecule has 0 saturated carbocycles. The van der Waals surface area contributed by atoms with Gasteiger partial charge in [0.15, 0.2) is 0 Å². The van der Waals surface area contributed by atoms with Gasteiger partial charge in [0.05, 0.1) is 16.1 Å². The minimum Gasteiger partial charge on any atom is -0.325 e. The number of benzene rings is 1. The summed E-state index contributed by atoms with van der Waals surface area (Å²) >= 11 is 12.0. The fourth-order valence-electron chi connectivity index (χ4n) is 1.58. The van der Waals surface area contributed by atoms with Gasteiger partial charge in [0.25, 0.3) is 0 Å². The fourth-order valence-corrected chi connectivity index (χ4v) is 2.01. The molecule has 4 N–H and O–H groups in total. The van der Waals surface area contributed by atoms with Crippen molar-refractivity contribution in [1.82, 2.24) is 10.9 Å². The second-order valence-electron chi connectivity index (χ2n) is 3.31. The van der Waals surface area contributed by atoms with Gasteiger partial charge in [-0.15, -0.1) is 0 Å². The molecule has 2 atom stereocenters. The minimum absolute atomic E-state index is 0.0194. The summed E-state index contributed by atoms with van der Waals surface area (Å²) in [6.45, 7) is 0.730. The number of halogens is 2. The lowest BCUT2D eigenvalue weighted by molar-refractivity contribution is 0.551. The summed E-state index contributed by atoms with van der Waals surface area (Å²) in [6.07, 6.45) is 0. The van der Waals surface area contributed by atoms with Gasteiger partial charge in [-0.25, -0.2) is 5.43 Å². The maximum absolute atomic E-state index is 6.08. The Morgan fingerprint density at radius 2 is 2.14 bits per heavy atom. The smallest absolute Gasteiger partial charge is 0.0641 e. The molecule has 0 bridgehead atoms. The molecule has 14 heavy (non-hydrogen) atoms. The third kappa shape index (κ3) is 1.74. The first-order valence-corrected chi connectivity index (χ1v) is 5.13. The largest absolute Gasteiger partial charge is 0.325 e. The second kappa shape index (κ2) is 4.04. The highest BCUT2D eigenvalue weighted by atomic mass is 35.5. The molecule has 1 aromatic rings. The lowest BCUT2D eigenvalue weighted by atomic mass is 10.0. The lowest BCUT2D eigenvalue weighted by Crippen LogP contribution is -2.30. The summed E-state index contributed by atoms with van der Waals surface area (Å²) in [7, 11) is 0. The van der Waals surface area contributed by atoms with Crippen LogP contribution < -0.4 is 16.6 Å². The van der Waals surface area contributed by atoms with Crippen molar-refractivity contribution in [2.75, 3.05) is 6.54 Å². The summed E-state index contributed by atoms with van der Waals surface area (Å²) in [5.41, 5.74) is 12.9. The predicted molar refractivity (Wildman–Crippen MR) is 58.3 cm³/mol. The zero-order valence-corrected chi connectivity index (χ0v) is 8.94. The van der Waals surface area contributed by atoms with E-state index in [0.29, 0.717) is 10.0 Å². The van der Waals surface area contributed by atoms with Crippen LogP contribution in [0.25, 0.3) is 0 Å². The van der Waals surface area contributed by atoms with Crippen molar-refractivity contribution >= 4 is 23.2 Å². The van der Waals surface area contributed by atoms with Crippen LogP contribution in [0.4, 0.5) is 0 Å². The van der Waals surface area contributed by atoms with E-state index >= 15 is 0 Å². The monoisotopic (exact) mass is 231 g/mol. The van der Waals surface area contributed by atoms with E-state index in [2.05, 4.69) is 10.9 Å². The first kappa shape index (κ1) is 10.2. The maximum Gasteiger partial charge on any atom is 0.0641 e. The Labute approximate surface area is 92.5 Å². The molecule has 0 amide bonds. The number of rotatable bonds is 1. The summed E-state index contributed by atoms with van der Waals surface area (Å²) < 4.78 is 0. The molecule has 2 unspecified atom stereocenters. The molecule has 0 radical (unpaired) electrons. The normalized spacial score (nSPS) is 26.8. The quantitative estimate of drug-likeness (QED) is 0.687. The highest BCUT2D eigenvalue weighted by Gasteiger charge is 2.26. The van der Waals surface area contributed by atoms with Crippen LogP contribution in [0, 0.1) is 0 Å².